The van der Waals surface area contributed by atoms with Crippen molar-refractivity contribution in [3.63, 3.8) is 0 Å². The highest BCUT2D eigenvalue weighted by atomic mass is 19.4. The number of ether oxygens (including phenoxy) is 2. The molecule has 1 unspecified atom stereocenters. The van der Waals surface area contributed by atoms with Crippen LogP contribution in [0.4, 0.5) is 18.0 Å². The van der Waals surface area contributed by atoms with Gasteiger partial charge in [-0.15, -0.1) is 0 Å². The number of amides is 1. The van der Waals surface area contributed by atoms with Gasteiger partial charge in [-0.05, 0) is 36.5 Å². The summed E-state index contributed by atoms with van der Waals surface area (Å²) in [6.07, 6.45) is -3.72. The van der Waals surface area contributed by atoms with Crippen molar-refractivity contribution < 1.29 is 27.4 Å². The van der Waals surface area contributed by atoms with Crippen molar-refractivity contribution in [2.75, 3.05) is 13.7 Å². The van der Waals surface area contributed by atoms with Crippen molar-refractivity contribution >= 4 is 6.09 Å². The molecule has 1 aromatic carbocycles. The van der Waals surface area contributed by atoms with Gasteiger partial charge in [-0.1, -0.05) is 12.1 Å². The van der Waals surface area contributed by atoms with Crippen LogP contribution in [0.5, 0.6) is 5.75 Å². The first-order chi connectivity index (χ1) is 9.89. The molecule has 0 heterocycles. The zero-order valence-electron chi connectivity index (χ0n) is 11.4. The quantitative estimate of drug-likeness (QED) is 0.906. The van der Waals surface area contributed by atoms with E-state index in [-0.39, 0.29) is 12.0 Å². The van der Waals surface area contributed by atoms with Gasteiger partial charge in [-0.2, -0.15) is 13.2 Å². The van der Waals surface area contributed by atoms with Crippen LogP contribution in [0.1, 0.15) is 24.4 Å². The minimum Gasteiger partial charge on any atom is -0.497 e. The van der Waals surface area contributed by atoms with E-state index in [2.05, 4.69) is 10.1 Å². The molecule has 1 saturated carbocycles. The van der Waals surface area contributed by atoms with Crippen molar-refractivity contribution in [2.24, 2.45) is 5.92 Å². The Kier molecular flexibility index (Phi) is 4.59. The Hall–Kier alpha value is -1.92. The number of halogens is 3. The molecule has 1 aromatic rings. The lowest BCUT2D eigenvalue weighted by Gasteiger charge is -2.19. The van der Waals surface area contributed by atoms with Gasteiger partial charge in [0.25, 0.3) is 0 Å². The summed E-state index contributed by atoms with van der Waals surface area (Å²) < 4.78 is 45.3. The minimum absolute atomic E-state index is 0.233. The second-order valence-electron chi connectivity index (χ2n) is 4.92. The van der Waals surface area contributed by atoms with Gasteiger partial charge in [-0.25, -0.2) is 4.79 Å². The maximum Gasteiger partial charge on any atom is 0.422 e. The van der Waals surface area contributed by atoms with Gasteiger partial charge in [0.2, 0.25) is 0 Å². The molecule has 1 amide bonds. The number of benzene rings is 1. The fourth-order valence-corrected chi connectivity index (χ4v) is 2.03. The molecule has 0 aliphatic heterocycles. The number of hydrogen-bond acceptors (Lipinski definition) is 3. The highest BCUT2D eigenvalue weighted by molar-refractivity contribution is 5.68. The number of hydrogen-bond donors (Lipinski definition) is 1. The van der Waals surface area contributed by atoms with E-state index in [0.717, 1.165) is 18.4 Å². The van der Waals surface area contributed by atoms with E-state index in [1.165, 1.54) is 0 Å². The molecule has 0 bridgehead atoms. The van der Waals surface area contributed by atoms with Crippen LogP contribution < -0.4 is 10.1 Å². The van der Waals surface area contributed by atoms with Crippen molar-refractivity contribution in [1.82, 2.24) is 5.32 Å². The van der Waals surface area contributed by atoms with Gasteiger partial charge in [0.05, 0.1) is 13.2 Å². The molecule has 1 atom stereocenters. The Bertz CT molecular complexity index is 483. The Morgan fingerprint density at radius 1 is 1.33 bits per heavy atom. The third kappa shape index (κ3) is 4.84. The predicted molar refractivity (Wildman–Crippen MR) is 69.0 cm³/mol. The number of alkyl halides is 3. The molecule has 0 saturated heterocycles. The molecule has 1 fully saturated rings. The van der Waals surface area contributed by atoms with E-state index in [1.54, 1.807) is 31.4 Å². The largest absolute Gasteiger partial charge is 0.497 e. The van der Waals surface area contributed by atoms with Crippen molar-refractivity contribution in [2.45, 2.75) is 25.1 Å². The first-order valence-electron chi connectivity index (χ1n) is 6.53. The molecule has 1 aliphatic carbocycles. The second-order valence-corrected chi connectivity index (χ2v) is 4.92. The summed E-state index contributed by atoms with van der Waals surface area (Å²) in [4.78, 5) is 11.5. The monoisotopic (exact) mass is 303 g/mol. The van der Waals surface area contributed by atoms with Crippen LogP contribution in [0.2, 0.25) is 0 Å². The van der Waals surface area contributed by atoms with E-state index >= 15 is 0 Å². The summed E-state index contributed by atoms with van der Waals surface area (Å²) in [7, 11) is 1.54. The summed E-state index contributed by atoms with van der Waals surface area (Å²) in [6.45, 7) is -1.58. The third-order valence-electron chi connectivity index (χ3n) is 3.21. The SMILES string of the molecule is COc1ccc(C(NC(=O)OCC(F)(F)F)C2CC2)cc1. The molecular weight excluding hydrogens is 287 g/mol. The Morgan fingerprint density at radius 3 is 2.43 bits per heavy atom. The number of carbonyl (C=O) groups is 1. The molecule has 1 aliphatic rings. The minimum atomic E-state index is -4.52. The summed E-state index contributed by atoms with van der Waals surface area (Å²) in [5, 5.41) is 2.50. The third-order valence-corrected chi connectivity index (χ3v) is 3.21. The van der Waals surface area contributed by atoms with E-state index in [1.807, 2.05) is 0 Å². The van der Waals surface area contributed by atoms with Crippen LogP contribution >= 0.6 is 0 Å². The van der Waals surface area contributed by atoms with Crippen LogP contribution in [-0.2, 0) is 4.74 Å². The zero-order chi connectivity index (χ0) is 15.5. The molecular formula is C14H16F3NO3. The fraction of sp³-hybridized carbons (Fsp3) is 0.500. The zero-order valence-corrected chi connectivity index (χ0v) is 11.4. The van der Waals surface area contributed by atoms with Gasteiger partial charge in [0.15, 0.2) is 6.61 Å². The Morgan fingerprint density at radius 2 is 1.95 bits per heavy atom. The van der Waals surface area contributed by atoms with Crippen molar-refractivity contribution in [1.29, 1.82) is 0 Å². The summed E-state index contributed by atoms with van der Waals surface area (Å²) >= 11 is 0. The molecule has 4 nitrogen and oxygen atoms in total. The van der Waals surface area contributed by atoms with E-state index in [0.29, 0.717) is 5.75 Å². The molecule has 0 radical (unpaired) electrons. The first-order valence-corrected chi connectivity index (χ1v) is 6.53. The van der Waals surface area contributed by atoms with Gasteiger partial charge >= 0.3 is 12.3 Å². The first kappa shape index (κ1) is 15.5. The lowest BCUT2D eigenvalue weighted by atomic mass is 10.0. The maximum absolute atomic E-state index is 12.0. The molecule has 0 aromatic heterocycles. The molecule has 2 rings (SSSR count). The maximum atomic E-state index is 12.0. The lowest BCUT2D eigenvalue weighted by molar-refractivity contribution is -0.160. The van der Waals surface area contributed by atoms with Gasteiger partial charge in [-0.3, -0.25) is 0 Å². The summed E-state index contributed by atoms with van der Waals surface area (Å²) in [6, 6.07) is 6.72. The normalized spacial score (nSPS) is 16.2. The van der Waals surface area contributed by atoms with Gasteiger partial charge < -0.3 is 14.8 Å². The second kappa shape index (κ2) is 6.24. The van der Waals surface area contributed by atoms with Crippen LogP contribution in [0.15, 0.2) is 24.3 Å². The Labute approximate surface area is 120 Å². The van der Waals surface area contributed by atoms with Crippen LogP contribution in [0.3, 0.4) is 0 Å². The lowest BCUT2D eigenvalue weighted by Crippen LogP contribution is -2.33. The molecule has 1 N–H and O–H groups in total. The average molecular weight is 303 g/mol. The summed E-state index contributed by atoms with van der Waals surface area (Å²) in [5.74, 6) is 0.907. The summed E-state index contributed by atoms with van der Waals surface area (Å²) in [5.41, 5.74) is 0.822. The number of methoxy groups -OCH3 is 1. The highest BCUT2D eigenvalue weighted by Gasteiger charge is 2.35. The van der Waals surface area contributed by atoms with E-state index < -0.39 is 18.9 Å². The number of carbonyl (C=O) groups excluding carboxylic acids is 1. The van der Waals surface area contributed by atoms with Crippen LogP contribution in [0, 0.1) is 5.92 Å². The van der Waals surface area contributed by atoms with Gasteiger partial charge in [0, 0.05) is 0 Å². The predicted octanol–water partition coefficient (Wildman–Crippen LogP) is 3.43. The smallest absolute Gasteiger partial charge is 0.422 e. The molecule has 7 heteroatoms. The molecule has 0 spiro atoms. The van der Waals surface area contributed by atoms with Crippen LogP contribution in [0.25, 0.3) is 0 Å². The topological polar surface area (TPSA) is 47.6 Å². The number of rotatable bonds is 5. The van der Waals surface area contributed by atoms with E-state index in [9.17, 15) is 18.0 Å². The number of nitrogens with one attached hydrogen (secondary N) is 1. The van der Waals surface area contributed by atoms with Crippen LogP contribution in [-0.4, -0.2) is 26.0 Å². The Balaban J connectivity index is 1.97. The van der Waals surface area contributed by atoms with E-state index in [4.69, 9.17) is 4.74 Å². The highest BCUT2D eigenvalue weighted by Crippen LogP contribution is 2.41. The van der Waals surface area contributed by atoms with Gasteiger partial charge in [0.1, 0.15) is 5.75 Å². The van der Waals surface area contributed by atoms with Crippen molar-refractivity contribution in [3.8, 4) is 5.75 Å². The fourth-order valence-electron chi connectivity index (χ4n) is 2.03. The van der Waals surface area contributed by atoms with Crippen molar-refractivity contribution in [3.05, 3.63) is 29.8 Å². The standard InChI is InChI=1S/C14H16F3NO3/c1-20-11-6-4-10(5-7-11)12(9-2-3-9)18-13(19)21-8-14(15,16)17/h4-7,9,12H,2-3,8H2,1H3,(H,18,19). The number of alkyl carbamates (subject to hydrolysis) is 1. The molecule has 21 heavy (non-hydrogen) atoms. The average Bonchev–Trinajstić information content (AvgIpc) is 3.26. The molecule has 116 valence electrons.